The van der Waals surface area contributed by atoms with Crippen molar-refractivity contribution in [1.29, 1.82) is 5.26 Å². The molecule has 0 saturated heterocycles. The number of carbonyl (C=O) groups excluding carboxylic acids is 1. The fraction of sp³-hybridized carbons (Fsp3) is 0.700. The Morgan fingerprint density at radius 3 is 2.70 bits per heavy atom. The number of ketones is 1. The number of nitriles is 1. The molecule has 0 spiro atoms. The molecule has 4 aliphatic carbocycles. The number of hydrogen-bond donors (Lipinski definition) is 1. The maximum absolute atomic E-state index is 11.7. The van der Waals surface area contributed by atoms with Crippen molar-refractivity contribution in [2.45, 2.75) is 58.0 Å². The molecular formula is C20H25NO2. The van der Waals surface area contributed by atoms with Crippen LogP contribution in [0.25, 0.3) is 0 Å². The molecule has 3 fully saturated rings. The molecule has 0 aromatic heterocycles. The van der Waals surface area contributed by atoms with E-state index < -0.39 is 5.60 Å². The molecule has 6 atom stereocenters. The van der Waals surface area contributed by atoms with Gasteiger partial charge in [0, 0.05) is 10.8 Å². The van der Waals surface area contributed by atoms with Gasteiger partial charge in [-0.1, -0.05) is 25.5 Å². The lowest BCUT2D eigenvalue weighted by atomic mass is 9.47. The van der Waals surface area contributed by atoms with E-state index in [0.717, 1.165) is 32.1 Å². The molecule has 0 radical (unpaired) electrons. The Kier molecular flexibility index (Phi) is 3.01. The second-order valence-corrected chi connectivity index (χ2v) is 8.57. The minimum absolute atomic E-state index is 0.00843. The third-order valence-corrected chi connectivity index (χ3v) is 7.89. The summed E-state index contributed by atoms with van der Waals surface area (Å²) >= 11 is 0. The zero-order chi connectivity index (χ0) is 16.5. The molecule has 0 aromatic carbocycles. The zero-order valence-electron chi connectivity index (χ0n) is 14.0. The molecule has 3 saturated carbocycles. The van der Waals surface area contributed by atoms with Gasteiger partial charge in [0.25, 0.3) is 0 Å². The van der Waals surface area contributed by atoms with Crippen LogP contribution in [0.4, 0.5) is 0 Å². The first-order valence-electron chi connectivity index (χ1n) is 8.92. The van der Waals surface area contributed by atoms with Gasteiger partial charge in [0.05, 0.1) is 6.07 Å². The van der Waals surface area contributed by atoms with Gasteiger partial charge < -0.3 is 5.11 Å². The first kappa shape index (κ1) is 15.1. The van der Waals surface area contributed by atoms with Gasteiger partial charge in [0.15, 0.2) is 11.4 Å². The first-order chi connectivity index (χ1) is 10.8. The monoisotopic (exact) mass is 311 g/mol. The molecule has 3 nitrogen and oxygen atoms in total. The Morgan fingerprint density at radius 2 is 1.96 bits per heavy atom. The molecule has 122 valence electrons. The summed E-state index contributed by atoms with van der Waals surface area (Å²) in [5, 5.41) is 20.4. The third kappa shape index (κ3) is 1.76. The minimum atomic E-state index is -1.15. The van der Waals surface area contributed by atoms with E-state index in [2.05, 4.69) is 26.0 Å². The summed E-state index contributed by atoms with van der Waals surface area (Å²) in [6.07, 6.45) is 11.3. The van der Waals surface area contributed by atoms with Crippen LogP contribution in [0.1, 0.15) is 52.4 Å². The number of fused-ring (bicyclic) bond motifs is 5. The smallest absolute Gasteiger partial charge is 0.178 e. The lowest BCUT2D eigenvalue weighted by Gasteiger charge is -2.57. The van der Waals surface area contributed by atoms with Gasteiger partial charge in [-0.05, 0) is 68.4 Å². The summed E-state index contributed by atoms with van der Waals surface area (Å²) in [7, 11) is 0. The Balaban J connectivity index is 1.72. The summed E-state index contributed by atoms with van der Waals surface area (Å²) in [5.41, 5.74) is -0.138. The number of nitrogens with zero attached hydrogens (tertiary/aromatic N) is 1. The minimum Gasteiger partial charge on any atom is -0.375 e. The lowest BCUT2D eigenvalue weighted by molar-refractivity contribution is -0.111. The summed E-state index contributed by atoms with van der Waals surface area (Å²) in [5.74, 6) is 1.63. The Bertz CT molecular complexity index is 672. The Hall–Kier alpha value is -1.40. The molecule has 23 heavy (non-hydrogen) atoms. The predicted molar refractivity (Wildman–Crippen MR) is 87.2 cm³/mol. The largest absolute Gasteiger partial charge is 0.375 e. The van der Waals surface area contributed by atoms with Gasteiger partial charge in [0.2, 0.25) is 0 Å². The summed E-state index contributed by atoms with van der Waals surface area (Å²) < 4.78 is 0. The normalized spacial score (nSPS) is 51.3. The SMILES string of the molecule is C[C@]12C=CC(=O)C=C1CC[C@@H]1[C@H]2CC[C@@]2(C)[C@H]1CC[C@]2(O)C#N. The zero-order valence-corrected chi connectivity index (χ0v) is 14.0. The van der Waals surface area contributed by atoms with Gasteiger partial charge in [-0.15, -0.1) is 0 Å². The number of aliphatic hydroxyl groups is 1. The molecule has 3 heteroatoms. The lowest BCUT2D eigenvalue weighted by Crippen LogP contribution is -2.53. The van der Waals surface area contributed by atoms with E-state index in [1.807, 2.05) is 6.08 Å². The number of allylic oxidation sites excluding steroid dienone is 4. The average molecular weight is 311 g/mol. The van der Waals surface area contributed by atoms with Gasteiger partial charge in [0.1, 0.15) is 0 Å². The second-order valence-electron chi connectivity index (χ2n) is 8.57. The van der Waals surface area contributed by atoms with Gasteiger partial charge in [-0.2, -0.15) is 5.26 Å². The summed E-state index contributed by atoms with van der Waals surface area (Å²) in [6, 6.07) is 2.23. The molecule has 0 amide bonds. The highest BCUT2D eigenvalue weighted by molar-refractivity contribution is 6.01. The van der Waals surface area contributed by atoms with E-state index in [4.69, 9.17) is 0 Å². The van der Waals surface area contributed by atoms with Crippen molar-refractivity contribution < 1.29 is 9.90 Å². The number of rotatable bonds is 0. The molecule has 0 bridgehead atoms. The highest BCUT2D eigenvalue weighted by atomic mass is 16.3. The van der Waals surface area contributed by atoms with Crippen LogP contribution < -0.4 is 0 Å². The fourth-order valence-corrected chi connectivity index (χ4v) is 6.40. The second kappa shape index (κ2) is 4.57. The van der Waals surface area contributed by atoms with Crippen molar-refractivity contribution in [2.75, 3.05) is 0 Å². The summed E-state index contributed by atoms with van der Waals surface area (Å²) in [4.78, 5) is 11.7. The topological polar surface area (TPSA) is 61.1 Å². The molecule has 0 aliphatic heterocycles. The molecular weight excluding hydrogens is 286 g/mol. The average Bonchev–Trinajstić information content (AvgIpc) is 2.80. The highest BCUT2D eigenvalue weighted by Gasteiger charge is 2.64. The van der Waals surface area contributed by atoms with Gasteiger partial charge >= 0.3 is 0 Å². The molecule has 0 unspecified atom stereocenters. The fourth-order valence-electron chi connectivity index (χ4n) is 6.40. The van der Waals surface area contributed by atoms with Crippen molar-refractivity contribution in [3.63, 3.8) is 0 Å². The molecule has 1 N–H and O–H groups in total. The van der Waals surface area contributed by atoms with Crippen LogP contribution in [0, 0.1) is 39.9 Å². The summed E-state index contributed by atoms with van der Waals surface area (Å²) in [6.45, 7) is 4.42. The van der Waals surface area contributed by atoms with E-state index >= 15 is 0 Å². The van der Waals surface area contributed by atoms with E-state index in [9.17, 15) is 15.2 Å². The van der Waals surface area contributed by atoms with Crippen LogP contribution in [-0.4, -0.2) is 16.5 Å². The van der Waals surface area contributed by atoms with Crippen LogP contribution in [0.5, 0.6) is 0 Å². The molecule has 0 aromatic rings. The third-order valence-electron chi connectivity index (χ3n) is 7.89. The standard InChI is InChI=1S/C20H25NO2/c1-18-8-5-14(22)11-13(18)3-4-15-16(18)6-9-19(2)17(15)7-10-20(19,23)12-21/h5,8,11,15-17,23H,3-4,6-7,9-10H2,1-2H3/t15-,16-,17+,18+,19+,20+/m1/s1. The maximum atomic E-state index is 11.7. The van der Waals surface area contributed by atoms with E-state index in [1.54, 1.807) is 6.08 Å². The maximum Gasteiger partial charge on any atom is 0.178 e. The van der Waals surface area contributed by atoms with Crippen molar-refractivity contribution in [3.8, 4) is 6.07 Å². The Morgan fingerprint density at radius 1 is 1.22 bits per heavy atom. The molecule has 0 heterocycles. The van der Waals surface area contributed by atoms with Crippen molar-refractivity contribution in [3.05, 3.63) is 23.8 Å². The van der Waals surface area contributed by atoms with Gasteiger partial charge in [-0.25, -0.2) is 0 Å². The van der Waals surface area contributed by atoms with Crippen LogP contribution in [0.3, 0.4) is 0 Å². The van der Waals surface area contributed by atoms with Crippen LogP contribution in [0.15, 0.2) is 23.8 Å². The number of hydrogen-bond acceptors (Lipinski definition) is 3. The van der Waals surface area contributed by atoms with Crippen molar-refractivity contribution in [2.24, 2.45) is 28.6 Å². The number of carbonyl (C=O) groups is 1. The highest BCUT2D eigenvalue weighted by Crippen LogP contribution is 2.66. The first-order valence-corrected chi connectivity index (χ1v) is 8.92. The molecule has 4 rings (SSSR count). The van der Waals surface area contributed by atoms with E-state index in [1.165, 1.54) is 5.57 Å². The predicted octanol–water partition coefficient (Wildman–Crippen LogP) is 3.55. The van der Waals surface area contributed by atoms with Crippen molar-refractivity contribution >= 4 is 5.78 Å². The molecule has 4 aliphatic rings. The van der Waals surface area contributed by atoms with E-state index in [-0.39, 0.29) is 16.6 Å². The Labute approximate surface area is 138 Å². The van der Waals surface area contributed by atoms with E-state index in [0.29, 0.717) is 24.2 Å². The van der Waals surface area contributed by atoms with Crippen LogP contribution in [-0.2, 0) is 4.79 Å². The van der Waals surface area contributed by atoms with Crippen LogP contribution >= 0.6 is 0 Å². The van der Waals surface area contributed by atoms with Crippen LogP contribution in [0.2, 0.25) is 0 Å². The quantitative estimate of drug-likeness (QED) is 0.696. The van der Waals surface area contributed by atoms with Crippen molar-refractivity contribution in [1.82, 2.24) is 0 Å². The van der Waals surface area contributed by atoms with Gasteiger partial charge in [-0.3, -0.25) is 4.79 Å².